The number of amides is 1. The lowest BCUT2D eigenvalue weighted by atomic mass is 10.3. The number of likely N-dealkylation sites (N-methyl/N-ethyl adjacent to an activating group) is 1. The van der Waals surface area contributed by atoms with Crippen LogP contribution in [0.5, 0.6) is 0 Å². The van der Waals surface area contributed by atoms with Crippen molar-refractivity contribution in [3.8, 4) is 5.69 Å². The van der Waals surface area contributed by atoms with Crippen LogP contribution in [0.1, 0.15) is 16.4 Å². The molecule has 6 nitrogen and oxygen atoms in total. The van der Waals surface area contributed by atoms with E-state index in [1.54, 1.807) is 17.7 Å². The van der Waals surface area contributed by atoms with Gasteiger partial charge in [-0.25, -0.2) is 9.67 Å². The second-order valence-electron chi connectivity index (χ2n) is 5.86. The summed E-state index contributed by atoms with van der Waals surface area (Å²) < 4.78 is 1.58. The first kappa shape index (κ1) is 17.9. The Hall–Kier alpha value is -2.86. The molecule has 134 valence electrons. The van der Waals surface area contributed by atoms with Crippen LogP contribution in [0.2, 0.25) is 5.02 Å². The molecule has 1 heterocycles. The molecule has 0 aliphatic rings. The van der Waals surface area contributed by atoms with Gasteiger partial charge in [-0.3, -0.25) is 4.79 Å². The van der Waals surface area contributed by atoms with Crippen molar-refractivity contribution in [3.05, 3.63) is 71.3 Å². The van der Waals surface area contributed by atoms with E-state index in [9.17, 15) is 4.79 Å². The first-order valence-electron chi connectivity index (χ1n) is 8.29. The van der Waals surface area contributed by atoms with E-state index in [1.807, 2.05) is 55.6 Å². The molecule has 0 unspecified atom stereocenters. The van der Waals surface area contributed by atoms with E-state index in [2.05, 4.69) is 20.3 Å². The highest BCUT2D eigenvalue weighted by atomic mass is 35.5. The number of nitrogens with one attached hydrogen (secondary N) is 1. The highest BCUT2D eigenvalue weighted by Crippen LogP contribution is 2.20. The monoisotopic (exact) mass is 369 g/mol. The van der Waals surface area contributed by atoms with E-state index in [1.165, 1.54) is 0 Å². The highest BCUT2D eigenvalue weighted by molar-refractivity contribution is 6.32. The number of hydrogen-bond donors (Lipinski definition) is 1. The van der Waals surface area contributed by atoms with Crippen molar-refractivity contribution < 1.29 is 4.79 Å². The van der Waals surface area contributed by atoms with Gasteiger partial charge < -0.3 is 10.2 Å². The summed E-state index contributed by atoms with van der Waals surface area (Å²) in [6.45, 7) is 2.96. The summed E-state index contributed by atoms with van der Waals surface area (Å²) in [5.74, 6) is 0.426. The summed E-state index contributed by atoms with van der Waals surface area (Å²) in [5.41, 5.74) is 1.79. The summed E-state index contributed by atoms with van der Waals surface area (Å²) in [4.78, 5) is 18.7. The van der Waals surface area contributed by atoms with E-state index in [-0.39, 0.29) is 11.7 Å². The third-order valence-corrected chi connectivity index (χ3v) is 4.30. The molecule has 7 heteroatoms. The summed E-state index contributed by atoms with van der Waals surface area (Å²) in [6.07, 6.45) is 0. The van der Waals surface area contributed by atoms with Crippen LogP contribution in [-0.2, 0) is 0 Å². The van der Waals surface area contributed by atoms with Crippen LogP contribution in [0.15, 0.2) is 54.6 Å². The van der Waals surface area contributed by atoms with Crippen LogP contribution in [0.3, 0.4) is 0 Å². The zero-order valence-corrected chi connectivity index (χ0v) is 15.4. The van der Waals surface area contributed by atoms with Gasteiger partial charge in [-0.05, 0) is 31.2 Å². The van der Waals surface area contributed by atoms with Gasteiger partial charge >= 0.3 is 0 Å². The molecule has 1 amide bonds. The maximum Gasteiger partial charge on any atom is 0.291 e. The molecule has 1 aromatic heterocycles. The van der Waals surface area contributed by atoms with Crippen LogP contribution in [0.4, 0.5) is 5.69 Å². The lowest BCUT2D eigenvalue weighted by Gasteiger charge is -2.19. The van der Waals surface area contributed by atoms with E-state index in [0.29, 0.717) is 29.6 Å². The summed E-state index contributed by atoms with van der Waals surface area (Å²) in [6, 6.07) is 17.3. The number of anilines is 1. The minimum absolute atomic E-state index is 0.129. The Kier molecular flexibility index (Phi) is 5.53. The van der Waals surface area contributed by atoms with Crippen molar-refractivity contribution in [1.82, 2.24) is 20.1 Å². The van der Waals surface area contributed by atoms with Crippen LogP contribution >= 0.6 is 11.6 Å². The Bertz CT molecular complexity index is 894. The zero-order chi connectivity index (χ0) is 18.5. The molecule has 1 N–H and O–H groups in total. The van der Waals surface area contributed by atoms with E-state index in [0.717, 1.165) is 5.69 Å². The average Bonchev–Trinajstić information content (AvgIpc) is 3.04. The smallest absolute Gasteiger partial charge is 0.291 e. The lowest BCUT2D eigenvalue weighted by Crippen LogP contribution is -2.33. The lowest BCUT2D eigenvalue weighted by molar-refractivity contribution is 0.0944. The van der Waals surface area contributed by atoms with E-state index < -0.39 is 0 Å². The van der Waals surface area contributed by atoms with Gasteiger partial charge in [0.2, 0.25) is 5.82 Å². The molecule has 0 radical (unpaired) electrons. The number of nitrogens with zero attached hydrogens (tertiary/aromatic N) is 4. The van der Waals surface area contributed by atoms with Crippen molar-refractivity contribution in [2.45, 2.75) is 6.92 Å². The second-order valence-corrected chi connectivity index (χ2v) is 6.27. The first-order valence-corrected chi connectivity index (χ1v) is 8.67. The summed E-state index contributed by atoms with van der Waals surface area (Å²) >= 11 is 6.20. The van der Waals surface area contributed by atoms with Crippen molar-refractivity contribution >= 4 is 23.2 Å². The van der Waals surface area contributed by atoms with Gasteiger partial charge in [0.25, 0.3) is 5.91 Å². The van der Waals surface area contributed by atoms with Crippen molar-refractivity contribution in [1.29, 1.82) is 0 Å². The summed E-state index contributed by atoms with van der Waals surface area (Å²) in [5, 5.41) is 7.70. The molecule has 26 heavy (non-hydrogen) atoms. The number of hydrogen-bond acceptors (Lipinski definition) is 4. The van der Waals surface area contributed by atoms with E-state index >= 15 is 0 Å². The third kappa shape index (κ3) is 4.03. The molecule has 0 aliphatic heterocycles. The molecule has 0 spiro atoms. The number of rotatable bonds is 6. The third-order valence-electron chi connectivity index (χ3n) is 3.98. The number of halogens is 1. The molecule has 3 rings (SSSR count). The quantitative estimate of drug-likeness (QED) is 0.725. The molecule has 0 saturated carbocycles. The minimum atomic E-state index is -0.305. The van der Waals surface area contributed by atoms with Gasteiger partial charge in [-0.2, -0.15) is 0 Å². The van der Waals surface area contributed by atoms with Crippen molar-refractivity contribution in [2.24, 2.45) is 0 Å². The second kappa shape index (κ2) is 8.01. The van der Waals surface area contributed by atoms with Crippen molar-refractivity contribution in [2.75, 3.05) is 25.0 Å². The number of aromatic nitrogens is 3. The van der Waals surface area contributed by atoms with Crippen LogP contribution in [0.25, 0.3) is 5.69 Å². The van der Waals surface area contributed by atoms with Gasteiger partial charge in [0.05, 0.1) is 10.7 Å². The molecule has 0 atom stereocenters. The van der Waals surface area contributed by atoms with Crippen LogP contribution < -0.4 is 10.2 Å². The van der Waals surface area contributed by atoms with E-state index in [4.69, 9.17) is 11.6 Å². The molecule has 2 aromatic carbocycles. The zero-order valence-electron chi connectivity index (χ0n) is 14.7. The van der Waals surface area contributed by atoms with Crippen LogP contribution in [0, 0.1) is 6.92 Å². The molecular formula is C19H20ClN5O. The standard InChI is InChI=1S/C19H20ClN5O/c1-14-22-18(23-25(14)17-11-7-6-10-16(17)20)19(26)21-12-13-24(2)15-8-4-3-5-9-15/h3-11H,12-13H2,1-2H3,(H,21,26). The average molecular weight is 370 g/mol. The Morgan fingerprint density at radius 1 is 1.15 bits per heavy atom. The van der Waals surface area contributed by atoms with Gasteiger partial charge in [0.15, 0.2) is 0 Å². The maximum atomic E-state index is 12.3. The highest BCUT2D eigenvalue weighted by Gasteiger charge is 2.16. The Balaban J connectivity index is 1.62. The number of para-hydroxylation sites is 2. The molecule has 0 bridgehead atoms. The number of carbonyl (C=O) groups excluding carboxylic acids is 1. The molecule has 0 saturated heterocycles. The first-order chi connectivity index (χ1) is 12.6. The van der Waals surface area contributed by atoms with Crippen LogP contribution in [-0.4, -0.2) is 40.8 Å². The Morgan fingerprint density at radius 2 is 1.85 bits per heavy atom. The van der Waals surface area contributed by atoms with Gasteiger partial charge in [-0.15, -0.1) is 5.10 Å². The molecule has 3 aromatic rings. The fourth-order valence-electron chi connectivity index (χ4n) is 2.57. The molecule has 0 aliphatic carbocycles. The van der Waals surface area contributed by atoms with Gasteiger partial charge in [0.1, 0.15) is 5.82 Å². The van der Waals surface area contributed by atoms with Gasteiger partial charge in [-0.1, -0.05) is 41.9 Å². The number of benzene rings is 2. The minimum Gasteiger partial charge on any atom is -0.373 e. The molecule has 0 fully saturated rings. The molecular weight excluding hydrogens is 350 g/mol. The normalized spacial score (nSPS) is 10.6. The summed E-state index contributed by atoms with van der Waals surface area (Å²) in [7, 11) is 1.98. The van der Waals surface area contributed by atoms with Gasteiger partial charge in [0, 0.05) is 25.8 Å². The number of aryl methyl sites for hydroxylation is 1. The Morgan fingerprint density at radius 3 is 2.58 bits per heavy atom. The van der Waals surface area contributed by atoms with Crippen molar-refractivity contribution in [3.63, 3.8) is 0 Å². The topological polar surface area (TPSA) is 63.1 Å². The fraction of sp³-hybridized carbons (Fsp3) is 0.211. The Labute approximate surface area is 157 Å². The fourth-order valence-corrected chi connectivity index (χ4v) is 2.78. The predicted octanol–water partition coefficient (Wildman–Crippen LogP) is 3.10. The largest absolute Gasteiger partial charge is 0.373 e. The SMILES string of the molecule is Cc1nc(C(=O)NCCN(C)c2ccccc2)nn1-c1ccccc1Cl. The maximum absolute atomic E-state index is 12.3. The number of carbonyl (C=O) groups is 1. The predicted molar refractivity (Wildman–Crippen MR) is 103 cm³/mol.